The Hall–Kier alpha value is -3.08. The summed E-state index contributed by atoms with van der Waals surface area (Å²) in [6.07, 6.45) is 4.75. The molecule has 1 aromatic carbocycles. The summed E-state index contributed by atoms with van der Waals surface area (Å²) in [6.45, 7) is 1.81. The SMILES string of the molecule is Cc1nc(N)nc2c1C(=O)CC(c1cnccc1-c1ccccc1)C2. The highest BCUT2D eigenvalue weighted by Gasteiger charge is 2.31. The molecule has 1 atom stereocenters. The zero-order valence-corrected chi connectivity index (χ0v) is 13.9. The molecule has 5 heteroatoms. The van der Waals surface area contributed by atoms with Gasteiger partial charge in [0.15, 0.2) is 5.78 Å². The van der Waals surface area contributed by atoms with Crippen molar-refractivity contribution in [3.05, 3.63) is 71.3 Å². The number of aryl methyl sites for hydroxylation is 1. The fourth-order valence-electron chi connectivity index (χ4n) is 3.63. The Kier molecular flexibility index (Phi) is 3.76. The van der Waals surface area contributed by atoms with Crippen molar-refractivity contribution in [1.82, 2.24) is 15.0 Å². The van der Waals surface area contributed by atoms with Crippen molar-refractivity contribution in [1.29, 1.82) is 0 Å². The topological polar surface area (TPSA) is 81.8 Å². The molecule has 1 aliphatic rings. The third-order valence-corrected chi connectivity index (χ3v) is 4.71. The van der Waals surface area contributed by atoms with Crippen LogP contribution in [0, 0.1) is 6.92 Å². The Morgan fingerprint density at radius 1 is 1.08 bits per heavy atom. The summed E-state index contributed by atoms with van der Waals surface area (Å²) in [5.41, 5.74) is 11.1. The fraction of sp³-hybridized carbons (Fsp3) is 0.200. The van der Waals surface area contributed by atoms with Crippen LogP contribution in [0.4, 0.5) is 5.95 Å². The van der Waals surface area contributed by atoms with Crippen LogP contribution in [0.1, 0.15) is 39.6 Å². The molecule has 0 radical (unpaired) electrons. The molecule has 0 aliphatic heterocycles. The second kappa shape index (κ2) is 6.09. The highest BCUT2D eigenvalue weighted by Crippen LogP contribution is 2.37. The second-order valence-electron chi connectivity index (χ2n) is 6.35. The maximum atomic E-state index is 12.7. The first-order valence-corrected chi connectivity index (χ1v) is 8.29. The highest BCUT2D eigenvalue weighted by atomic mass is 16.1. The molecule has 5 nitrogen and oxygen atoms in total. The number of hydrogen-bond donors (Lipinski definition) is 1. The molecule has 3 aromatic rings. The van der Waals surface area contributed by atoms with E-state index in [9.17, 15) is 4.79 Å². The van der Waals surface area contributed by atoms with E-state index < -0.39 is 0 Å². The minimum atomic E-state index is 0.0395. The molecule has 0 saturated heterocycles. The Balaban J connectivity index is 1.79. The van der Waals surface area contributed by atoms with Crippen LogP contribution in [0.3, 0.4) is 0 Å². The Labute approximate surface area is 146 Å². The number of nitrogens with two attached hydrogens (primary N) is 1. The number of Topliss-reactive ketones (excluding diaryl/α,β-unsaturated/α-hetero) is 1. The van der Waals surface area contributed by atoms with Crippen molar-refractivity contribution in [2.45, 2.75) is 25.7 Å². The number of fused-ring (bicyclic) bond motifs is 1. The van der Waals surface area contributed by atoms with E-state index in [1.807, 2.05) is 37.4 Å². The summed E-state index contributed by atoms with van der Waals surface area (Å²) in [6, 6.07) is 12.2. The van der Waals surface area contributed by atoms with Crippen LogP contribution in [0.25, 0.3) is 11.1 Å². The van der Waals surface area contributed by atoms with Crippen LogP contribution in [0.15, 0.2) is 48.8 Å². The van der Waals surface area contributed by atoms with E-state index in [1.54, 1.807) is 6.20 Å². The molecule has 0 fully saturated rings. The molecule has 1 unspecified atom stereocenters. The zero-order chi connectivity index (χ0) is 17.4. The van der Waals surface area contributed by atoms with Gasteiger partial charge in [-0.2, -0.15) is 0 Å². The third-order valence-electron chi connectivity index (χ3n) is 4.71. The first-order chi connectivity index (χ1) is 12.1. The van der Waals surface area contributed by atoms with Gasteiger partial charge >= 0.3 is 0 Å². The molecular formula is C20H18N4O. The summed E-state index contributed by atoms with van der Waals surface area (Å²) in [7, 11) is 0. The van der Waals surface area contributed by atoms with Crippen LogP contribution in [-0.2, 0) is 6.42 Å². The zero-order valence-electron chi connectivity index (χ0n) is 13.9. The number of rotatable bonds is 2. The number of aromatic nitrogens is 3. The highest BCUT2D eigenvalue weighted by molar-refractivity contribution is 6.00. The Morgan fingerprint density at radius 2 is 1.88 bits per heavy atom. The van der Waals surface area contributed by atoms with Gasteiger partial charge in [-0.15, -0.1) is 0 Å². The largest absolute Gasteiger partial charge is 0.368 e. The summed E-state index contributed by atoms with van der Waals surface area (Å²) in [4.78, 5) is 25.5. The third kappa shape index (κ3) is 2.78. The monoisotopic (exact) mass is 330 g/mol. The van der Waals surface area contributed by atoms with Gasteiger partial charge in [-0.25, -0.2) is 9.97 Å². The Morgan fingerprint density at radius 3 is 2.68 bits per heavy atom. The molecule has 1 aliphatic carbocycles. The van der Waals surface area contributed by atoms with E-state index in [-0.39, 0.29) is 17.6 Å². The van der Waals surface area contributed by atoms with Crippen LogP contribution < -0.4 is 5.73 Å². The van der Waals surface area contributed by atoms with E-state index in [4.69, 9.17) is 5.73 Å². The molecule has 4 rings (SSSR count). The number of benzene rings is 1. The van der Waals surface area contributed by atoms with Crippen LogP contribution >= 0.6 is 0 Å². The lowest BCUT2D eigenvalue weighted by atomic mass is 9.79. The summed E-state index contributed by atoms with van der Waals surface area (Å²) < 4.78 is 0. The van der Waals surface area contributed by atoms with E-state index in [2.05, 4.69) is 27.1 Å². The van der Waals surface area contributed by atoms with Crippen molar-refractivity contribution in [2.24, 2.45) is 0 Å². The van der Waals surface area contributed by atoms with Crippen LogP contribution in [-0.4, -0.2) is 20.7 Å². The molecule has 0 spiro atoms. The van der Waals surface area contributed by atoms with Gasteiger partial charge in [-0.3, -0.25) is 9.78 Å². The lowest BCUT2D eigenvalue weighted by molar-refractivity contribution is 0.0962. The first kappa shape index (κ1) is 15.4. The molecule has 2 heterocycles. The van der Waals surface area contributed by atoms with Gasteiger partial charge in [0.2, 0.25) is 5.95 Å². The van der Waals surface area contributed by atoms with Crippen LogP contribution in [0.5, 0.6) is 0 Å². The quantitative estimate of drug-likeness (QED) is 0.779. The number of carbonyl (C=O) groups excluding carboxylic acids is 1. The van der Waals surface area contributed by atoms with E-state index in [0.717, 1.165) is 22.4 Å². The van der Waals surface area contributed by atoms with Crippen molar-refractivity contribution in [3.8, 4) is 11.1 Å². The predicted molar refractivity (Wildman–Crippen MR) is 96.2 cm³/mol. The molecular weight excluding hydrogens is 312 g/mol. The summed E-state index contributed by atoms with van der Waals surface area (Å²) >= 11 is 0. The fourth-order valence-corrected chi connectivity index (χ4v) is 3.63. The van der Waals surface area contributed by atoms with Crippen molar-refractivity contribution in [3.63, 3.8) is 0 Å². The maximum Gasteiger partial charge on any atom is 0.220 e. The number of ketones is 1. The van der Waals surface area contributed by atoms with Gasteiger partial charge in [-0.05, 0) is 42.0 Å². The van der Waals surface area contributed by atoms with Gasteiger partial charge in [0.05, 0.1) is 17.0 Å². The van der Waals surface area contributed by atoms with Crippen molar-refractivity contribution in [2.75, 3.05) is 5.73 Å². The molecule has 0 amide bonds. The molecule has 0 saturated carbocycles. The summed E-state index contributed by atoms with van der Waals surface area (Å²) in [5, 5.41) is 0. The van der Waals surface area contributed by atoms with E-state index >= 15 is 0 Å². The molecule has 0 bridgehead atoms. The average molecular weight is 330 g/mol. The van der Waals surface area contributed by atoms with Crippen molar-refractivity contribution < 1.29 is 4.79 Å². The van der Waals surface area contributed by atoms with Gasteiger partial charge in [0, 0.05) is 18.8 Å². The standard InChI is InChI=1S/C20H18N4O/c1-12-19-17(24-20(21)23-12)9-14(10-18(19)25)16-11-22-8-7-15(16)13-5-3-2-4-6-13/h2-8,11,14H,9-10H2,1H3,(H2,21,23,24). The minimum Gasteiger partial charge on any atom is -0.368 e. The minimum absolute atomic E-state index is 0.0395. The number of carbonyl (C=O) groups is 1. The van der Waals surface area contributed by atoms with E-state index in [1.165, 1.54) is 0 Å². The van der Waals surface area contributed by atoms with Gasteiger partial charge in [0.1, 0.15) is 0 Å². The Bertz CT molecular complexity index is 953. The first-order valence-electron chi connectivity index (χ1n) is 8.29. The maximum absolute atomic E-state index is 12.7. The molecule has 25 heavy (non-hydrogen) atoms. The smallest absolute Gasteiger partial charge is 0.220 e. The molecule has 124 valence electrons. The van der Waals surface area contributed by atoms with Gasteiger partial charge in [-0.1, -0.05) is 30.3 Å². The lowest BCUT2D eigenvalue weighted by Crippen LogP contribution is -2.23. The normalized spacial score (nSPS) is 16.5. The molecule has 2 N–H and O–H groups in total. The van der Waals surface area contributed by atoms with Gasteiger partial charge < -0.3 is 5.73 Å². The van der Waals surface area contributed by atoms with Crippen molar-refractivity contribution >= 4 is 11.7 Å². The molecule has 2 aromatic heterocycles. The van der Waals surface area contributed by atoms with Gasteiger partial charge in [0.25, 0.3) is 0 Å². The van der Waals surface area contributed by atoms with Crippen LogP contribution in [0.2, 0.25) is 0 Å². The number of anilines is 1. The summed E-state index contributed by atoms with van der Waals surface area (Å²) in [5.74, 6) is 0.336. The lowest BCUT2D eigenvalue weighted by Gasteiger charge is -2.25. The number of nitrogens with zero attached hydrogens (tertiary/aromatic N) is 3. The number of nitrogen functional groups attached to an aromatic ring is 1. The predicted octanol–water partition coefficient (Wildman–Crippen LogP) is 3.34. The second-order valence-corrected chi connectivity index (χ2v) is 6.35. The average Bonchev–Trinajstić information content (AvgIpc) is 2.61. The number of pyridine rings is 1. The number of hydrogen-bond acceptors (Lipinski definition) is 5. The van der Waals surface area contributed by atoms with E-state index in [0.29, 0.717) is 24.1 Å².